The highest BCUT2D eigenvalue weighted by atomic mass is 19.3. The topological polar surface area (TPSA) is 100 Å². The van der Waals surface area contributed by atoms with Crippen molar-refractivity contribution in [1.82, 2.24) is 24.4 Å². The van der Waals surface area contributed by atoms with Crippen molar-refractivity contribution in [2.24, 2.45) is 0 Å². The molecule has 0 radical (unpaired) electrons. The van der Waals surface area contributed by atoms with Gasteiger partial charge >= 0.3 is 6.09 Å². The highest BCUT2D eigenvalue weighted by Crippen LogP contribution is 2.31. The van der Waals surface area contributed by atoms with E-state index in [4.69, 9.17) is 4.74 Å². The summed E-state index contributed by atoms with van der Waals surface area (Å²) in [5, 5.41) is 4.24. The first-order chi connectivity index (χ1) is 14.4. The number of aromatic nitrogens is 3. The van der Waals surface area contributed by atoms with Crippen LogP contribution in [0.4, 0.5) is 13.6 Å². The SMILES string of the molecule is CC(C)(C)OC(=O)N1CCC(c2cc(=O)[nH]c3c(C(=O)N4CC(F)(F)C4)cnn23)CC1. The fourth-order valence-electron chi connectivity index (χ4n) is 3.97. The van der Waals surface area contributed by atoms with E-state index in [1.165, 1.54) is 16.8 Å². The summed E-state index contributed by atoms with van der Waals surface area (Å²) in [5.41, 5.74) is -0.0836. The molecule has 0 unspecified atom stereocenters. The number of fused-ring (bicyclic) bond motifs is 1. The van der Waals surface area contributed by atoms with Crippen LogP contribution in [0.2, 0.25) is 0 Å². The Labute approximate surface area is 177 Å². The predicted molar refractivity (Wildman–Crippen MR) is 106 cm³/mol. The molecule has 2 aliphatic rings. The van der Waals surface area contributed by atoms with Crippen LogP contribution in [0.1, 0.15) is 55.6 Å². The molecule has 168 valence electrons. The number of rotatable bonds is 2. The molecule has 1 N–H and O–H groups in total. The molecule has 0 spiro atoms. The van der Waals surface area contributed by atoms with Gasteiger partial charge < -0.3 is 19.5 Å². The molecular weight excluding hydrogens is 412 g/mol. The zero-order valence-electron chi connectivity index (χ0n) is 17.7. The summed E-state index contributed by atoms with van der Waals surface area (Å²) < 4.78 is 33.2. The van der Waals surface area contributed by atoms with Crippen LogP contribution in [0.25, 0.3) is 5.65 Å². The van der Waals surface area contributed by atoms with Crippen molar-refractivity contribution in [3.63, 3.8) is 0 Å². The summed E-state index contributed by atoms with van der Waals surface area (Å²) in [7, 11) is 0. The van der Waals surface area contributed by atoms with Gasteiger partial charge in [-0.05, 0) is 33.6 Å². The molecule has 2 saturated heterocycles. The van der Waals surface area contributed by atoms with Gasteiger partial charge in [0.2, 0.25) is 0 Å². The molecule has 2 aromatic heterocycles. The molecule has 11 heteroatoms. The number of aromatic amines is 1. The molecule has 0 saturated carbocycles. The number of hydrogen-bond donors (Lipinski definition) is 1. The van der Waals surface area contributed by atoms with Crippen LogP contribution >= 0.6 is 0 Å². The number of nitrogens with zero attached hydrogens (tertiary/aromatic N) is 4. The zero-order chi connectivity index (χ0) is 22.6. The van der Waals surface area contributed by atoms with Crippen LogP contribution < -0.4 is 5.56 Å². The summed E-state index contributed by atoms with van der Waals surface area (Å²) in [6, 6.07) is 1.43. The van der Waals surface area contributed by atoms with Crippen LogP contribution in [-0.2, 0) is 4.74 Å². The fourth-order valence-corrected chi connectivity index (χ4v) is 3.97. The second-order valence-electron chi connectivity index (χ2n) is 9.14. The molecular formula is C20H25F2N5O4. The van der Waals surface area contributed by atoms with Crippen molar-refractivity contribution in [3.05, 3.63) is 33.9 Å². The van der Waals surface area contributed by atoms with Gasteiger partial charge in [-0.25, -0.2) is 18.1 Å². The van der Waals surface area contributed by atoms with Crippen molar-refractivity contribution in [2.75, 3.05) is 26.2 Å². The lowest BCUT2D eigenvalue weighted by atomic mass is 9.93. The second kappa shape index (κ2) is 7.31. The number of nitrogens with one attached hydrogen (secondary N) is 1. The molecule has 2 amide bonds. The minimum absolute atomic E-state index is 0.0559. The second-order valence-corrected chi connectivity index (χ2v) is 9.14. The van der Waals surface area contributed by atoms with Crippen molar-refractivity contribution < 1.29 is 23.1 Å². The minimum Gasteiger partial charge on any atom is -0.444 e. The third-order valence-electron chi connectivity index (χ3n) is 5.46. The minimum atomic E-state index is -2.88. The van der Waals surface area contributed by atoms with E-state index in [0.717, 1.165) is 4.90 Å². The number of halogens is 2. The van der Waals surface area contributed by atoms with E-state index < -0.39 is 36.1 Å². The van der Waals surface area contributed by atoms with Gasteiger partial charge in [0.1, 0.15) is 16.8 Å². The first kappa shape index (κ1) is 21.3. The maximum Gasteiger partial charge on any atom is 0.410 e. The Hall–Kier alpha value is -2.98. The maximum atomic E-state index is 13.1. The summed E-state index contributed by atoms with van der Waals surface area (Å²) in [5.74, 6) is -3.52. The maximum absolute atomic E-state index is 13.1. The lowest BCUT2D eigenvalue weighted by Crippen LogP contribution is -2.58. The number of carbonyl (C=O) groups is 2. The Morgan fingerprint density at radius 1 is 1.19 bits per heavy atom. The highest BCUT2D eigenvalue weighted by molar-refractivity contribution is 6.00. The third-order valence-corrected chi connectivity index (χ3v) is 5.46. The number of hydrogen-bond acceptors (Lipinski definition) is 5. The van der Waals surface area contributed by atoms with Crippen LogP contribution in [-0.4, -0.2) is 74.1 Å². The molecule has 0 bridgehead atoms. The van der Waals surface area contributed by atoms with Gasteiger partial charge in [-0.1, -0.05) is 0 Å². The number of carbonyl (C=O) groups excluding carboxylic acids is 2. The van der Waals surface area contributed by atoms with E-state index in [1.54, 1.807) is 4.90 Å². The van der Waals surface area contributed by atoms with Crippen LogP contribution in [0.15, 0.2) is 17.1 Å². The van der Waals surface area contributed by atoms with Crippen molar-refractivity contribution in [3.8, 4) is 0 Å². The van der Waals surface area contributed by atoms with Crippen LogP contribution in [0.3, 0.4) is 0 Å². The van der Waals surface area contributed by atoms with E-state index >= 15 is 0 Å². The molecule has 31 heavy (non-hydrogen) atoms. The molecule has 4 rings (SSSR count). The van der Waals surface area contributed by atoms with Crippen molar-refractivity contribution in [1.29, 1.82) is 0 Å². The summed E-state index contributed by atoms with van der Waals surface area (Å²) in [4.78, 5) is 42.4. The summed E-state index contributed by atoms with van der Waals surface area (Å²) >= 11 is 0. The molecule has 2 fully saturated rings. The third kappa shape index (κ3) is 4.26. The number of piperidine rings is 1. The number of ether oxygens (including phenoxy) is 1. The van der Waals surface area contributed by atoms with Gasteiger partial charge in [0.25, 0.3) is 17.4 Å². The summed E-state index contributed by atoms with van der Waals surface area (Å²) in [6.07, 6.45) is 2.11. The van der Waals surface area contributed by atoms with E-state index in [2.05, 4.69) is 10.1 Å². The van der Waals surface area contributed by atoms with Gasteiger partial charge in [-0.15, -0.1) is 0 Å². The smallest absolute Gasteiger partial charge is 0.410 e. The fraction of sp³-hybridized carbons (Fsp3) is 0.600. The normalized spacial score (nSPS) is 19.4. The highest BCUT2D eigenvalue weighted by Gasteiger charge is 2.47. The van der Waals surface area contributed by atoms with Gasteiger partial charge in [0.05, 0.1) is 25.0 Å². The predicted octanol–water partition coefficient (Wildman–Crippen LogP) is 2.23. The number of H-pyrrole nitrogens is 1. The molecule has 0 atom stereocenters. The Bertz CT molecular complexity index is 1070. The Kier molecular flexibility index (Phi) is 5.01. The summed E-state index contributed by atoms with van der Waals surface area (Å²) in [6.45, 7) is 5.06. The average molecular weight is 437 g/mol. The van der Waals surface area contributed by atoms with Crippen LogP contribution in [0, 0.1) is 0 Å². The van der Waals surface area contributed by atoms with Crippen molar-refractivity contribution in [2.45, 2.75) is 51.1 Å². The van der Waals surface area contributed by atoms with Gasteiger partial charge in [0.15, 0.2) is 0 Å². The van der Waals surface area contributed by atoms with Crippen LogP contribution in [0.5, 0.6) is 0 Å². The van der Waals surface area contributed by atoms with E-state index in [9.17, 15) is 23.2 Å². The number of alkyl halides is 2. The monoisotopic (exact) mass is 437 g/mol. The molecule has 0 aliphatic carbocycles. The lowest BCUT2D eigenvalue weighted by molar-refractivity contribution is -0.113. The lowest BCUT2D eigenvalue weighted by Gasteiger charge is -2.38. The van der Waals surface area contributed by atoms with Gasteiger partial charge in [-0.3, -0.25) is 9.59 Å². The standard InChI is InChI=1S/C20H25F2N5O4/c1-19(2,3)31-18(30)25-6-4-12(5-7-25)14-8-15(28)24-16-13(9-23-27(14)16)17(29)26-10-20(21,22)11-26/h8-9,12H,4-7,10-11H2,1-3H3,(H,24,28). The molecule has 2 aromatic rings. The molecule has 4 heterocycles. The van der Waals surface area contributed by atoms with Crippen molar-refractivity contribution >= 4 is 17.6 Å². The molecule has 0 aromatic carbocycles. The van der Waals surface area contributed by atoms with Gasteiger partial charge in [0, 0.05) is 25.1 Å². The zero-order valence-corrected chi connectivity index (χ0v) is 17.7. The number of amides is 2. The Balaban J connectivity index is 1.53. The first-order valence-electron chi connectivity index (χ1n) is 10.2. The Morgan fingerprint density at radius 3 is 2.42 bits per heavy atom. The van der Waals surface area contributed by atoms with E-state index in [-0.39, 0.29) is 23.2 Å². The first-order valence-corrected chi connectivity index (χ1v) is 10.2. The quantitative estimate of drug-likeness (QED) is 0.777. The average Bonchev–Trinajstić information content (AvgIpc) is 3.07. The number of likely N-dealkylation sites (tertiary alicyclic amines) is 2. The molecule has 2 aliphatic heterocycles. The molecule has 9 nitrogen and oxygen atoms in total. The van der Waals surface area contributed by atoms with E-state index in [0.29, 0.717) is 31.6 Å². The largest absolute Gasteiger partial charge is 0.444 e. The Morgan fingerprint density at radius 2 is 1.84 bits per heavy atom. The van der Waals surface area contributed by atoms with E-state index in [1.807, 2.05) is 20.8 Å². The van der Waals surface area contributed by atoms with Gasteiger partial charge in [-0.2, -0.15) is 5.10 Å².